The summed E-state index contributed by atoms with van der Waals surface area (Å²) < 4.78 is 18.3. The average Bonchev–Trinajstić information content (AvgIpc) is 3.42. The van der Waals surface area contributed by atoms with Gasteiger partial charge in [0.15, 0.2) is 5.69 Å². The highest BCUT2D eigenvalue weighted by molar-refractivity contribution is 7.09. The molecule has 45 heavy (non-hydrogen) atoms. The first kappa shape index (κ1) is 31.8. The van der Waals surface area contributed by atoms with Crippen molar-refractivity contribution in [3.63, 3.8) is 0 Å². The van der Waals surface area contributed by atoms with Gasteiger partial charge < -0.3 is 16.4 Å². The zero-order valence-electron chi connectivity index (χ0n) is 25.5. The van der Waals surface area contributed by atoms with Crippen molar-refractivity contribution in [1.29, 1.82) is 0 Å². The molecule has 0 spiro atoms. The van der Waals surface area contributed by atoms with Crippen LogP contribution < -0.4 is 21.3 Å². The Labute approximate surface area is 267 Å². The summed E-state index contributed by atoms with van der Waals surface area (Å²) in [5, 5.41) is 5.99. The molecule has 8 nitrogen and oxygen atoms in total. The Hall–Kier alpha value is -4.57. The van der Waals surface area contributed by atoms with Crippen LogP contribution in [-0.2, 0) is 11.2 Å². The molecule has 1 unspecified atom stereocenters. The van der Waals surface area contributed by atoms with Gasteiger partial charge in [-0.3, -0.25) is 19.3 Å². The summed E-state index contributed by atoms with van der Waals surface area (Å²) in [6.07, 6.45) is 5.60. The molecule has 1 saturated carbocycles. The Morgan fingerprint density at radius 1 is 0.978 bits per heavy atom. The normalized spacial score (nSPS) is 14.0. The van der Waals surface area contributed by atoms with Gasteiger partial charge in [0.25, 0.3) is 11.8 Å². The number of hydrogen-bond acceptors (Lipinski definition) is 6. The van der Waals surface area contributed by atoms with Gasteiger partial charge in [-0.25, -0.2) is 4.39 Å². The number of amides is 3. The van der Waals surface area contributed by atoms with Gasteiger partial charge in [0.05, 0.1) is 5.69 Å². The number of carbonyl (C=O) groups is 3. The summed E-state index contributed by atoms with van der Waals surface area (Å²) in [7, 11) is 0. The largest absolute Gasteiger partial charge is 0.395 e. The quantitative estimate of drug-likeness (QED) is 0.191. The van der Waals surface area contributed by atoms with Crippen molar-refractivity contribution in [1.82, 2.24) is 15.0 Å². The molecule has 1 atom stereocenters. The van der Waals surface area contributed by atoms with Gasteiger partial charge in [0.1, 0.15) is 16.7 Å². The van der Waals surface area contributed by atoms with Gasteiger partial charge in [0.2, 0.25) is 5.91 Å². The number of nitrogens with one attached hydrogen (secondary N) is 2. The SMILES string of the molecule is Cc1cc(C)cc(N(C(=O)c2snc(C(=O)NC3CCCCC3)c2N)C(C(=O)NCCc2ccccc2)c2ccc(F)cc2)c1. The maximum absolute atomic E-state index is 14.5. The number of halogens is 1. The number of rotatable bonds is 10. The van der Waals surface area contributed by atoms with Crippen LogP contribution in [0.2, 0.25) is 0 Å². The number of aryl methyl sites for hydroxylation is 2. The minimum absolute atomic E-state index is 0.0000546. The Balaban J connectivity index is 1.51. The number of anilines is 2. The third kappa shape index (κ3) is 7.75. The van der Waals surface area contributed by atoms with Gasteiger partial charge in [-0.05, 0) is 91.2 Å². The van der Waals surface area contributed by atoms with E-state index in [9.17, 15) is 18.8 Å². The second kappa shape index (κ2) is 14.5. The van der Waals surface area contributed by atoms with Gasteiger partial charge in [-0.2, -0.15) is 4.37 Å². The molecule has 3 aromatic carbocycles. The van der Waals surface area contributed by atoms with Crippen LogP contribution in [0.25, 0.3) is 0 Å². The summed E-state index contributed by atoms with van der Waals surface area (Å²) in [6.45, 7) is 4.13. The van der Waals surface area contributed by atoms with Crippen LogP contribution in [0.5, 0.6) is 0 Å². The highest BCUT2D eigenvalue weighted by Crippen LogP contribution is 2.34. The Kier molecular flexibility index (Phi) is 10.2. The first-order valence-corrected chi connectivity index (χ1v) is 16.0. The van der Waals surface area contributed by atoms with Crippen molar-refractivity contribution in [2.24, 2.45) is 0 Å². The molecule has 3 amide bonds. The predicted molar refractivity (Wildman–Crippen MR) is 176 cm³/mol. The lowest BCUT2D eigenvalue weighted by atomic mass is 9.95. The van der Waals surface area contributed by atoms with E-state index in [4.69, 9.17) is 5.73 Å². The number of aromatic nitrogens is 1. The van der Waals surface area contributed by atoms with E-state index in [2.05, 4.69) is 15.0 Å². The van der Waals surface area contributed by atoms with E-state index in [1.807, 2.05) is 62.4 Å². The van der Waals surface area contributed by atoms with E-state index in [-0.39, 0.29) is 22.3 Å². The Bertz CT molecular complexity index is 1630. The van der Waals surface area contributed by atoms with Gasteiger partial charge in [-0.15, -0.1) is 0 Å². The number of carbonyl (C=O) groups excluding carboxylic acids is 3. The maximum Gasteiger partial charge on any atom is 0.273 e. The van der Waals surface area contributed by atoms with Crippen molar-refractivity contribution >= 4 is 40.6 Å². The first-order chi connectivity index (χ1) is 21.7. The minimum atomic E-state index is -1.17. The number of hydrogen-bond donors (Lipinski definition) is 3. The molecule has 1 heterocycles. The number of nitrogen functional groups attached to an aromatic ring is 1. The van der Waals surface area contributed by atoms with Gasteiger partial charge in [-0.1, -0.05) is 67.8 Å². The van der Waals surface area contributed by atoms with Crippen molar-refractivity contribution in [3.05, 3.63) is 111 Å². The second-order valence-corrected chi connectivity index (χ2v) is 12.4. The Morgan fingerprint density at radius 2 is 1.64 bits per heavy atom. The van der Waals surface area contributed by atoms with Crippen molar-refractivity contribution in [2.45, 2.75) is 64.5 Å². The van der Waals surface area contributed by atoms with E-state index in [0.717, 1.165) is 60.3 Å². The van der Waals surface area contributed by atoms with E-state index in [1.54, 1.807) is 0 Å². The van der Waals surface area contributed by atoms with E-state index in [1.165, 1.54) is 29.2 Å². The van der Waals surface area contributed by atoms with E-state index >= 15 is 0 Å². The minimum Gasteiger partial charge on any atom is -0.395 e. The summed E-state index contributed by atoms with van der Waals surface area (Å²) in [5.74, 6) is -1.91. The van der Waals surface area contributed by atoms with E-state index < -0.39 is 29.6 Å². The number of benzene rings is 3. The van der Waals surface area contributed by atoms with E-state index in [0.29, 0.717) is 24.2 Å². The van der Waals surface area contributed by atoms with Crippen molar-refractivity contribution < 1.29 is 18.8 Å². The lowest BCUT2D eigenvalue weighted by Gasteiger charge is -2.32. The maximum atomic E-state index is 14.5. The zero-order chi connectivity index (χ0) is 31.9. The summed E-state index contributed by atoms with van der Waals surface area (Å²) in [4.78, 5) is 43.2. The van der Waals surface area contributed by atoms with Crippen LogP contribution in [0, 0.1) is 19.7 Å². The van der Waals surface area contributed by atoms with Crippen LogP contribution in [0.4, 0.5) is 15.8 Å². The molecular formula is C35H38FN5O3S. The highest BCUT2D eigenvalue weighted by atomic mass is 32.1. The molecule has 4 aromatic rings. The Morgan fingerprint density at radius 3 is 2.31 bits per heavy atom. The molecule has 0 radical (unpaired) electrons. The molecule has 0 aliphatic heterocycles. The van der Waals surface area contributed by atoms with Gasteiger partial charge >= 0.3 is 0 Å². The van der Waals surface area contributed by atoms with Gasteiger partial charge in [0, 0.05) is 18.3 Å². The molecular weight excluding hydrogens is 589 g/mol. The van der Waals surface area contributed by atoms with Crippen molar-refractivity contribution in [2.75, 3.05) is 17.2 Å². The second-order valence-electron chi connectivity index (χ2n) is 11.6. The standard InChI is InChI=1S/C35H38FN5O3S/c1-22-19-23(2)21-28(20-22)41(35(44)32-29(37)30(40-45-32)33(42)39-27-11-7-4-8-12-27)31(25-13-15-26(36)16-14-25)34(43)38-18-17-24-9-5-3-6-10-24/h3,5-6,9-10,13-16,19-21,27,31H,4,7-8,11-12,17-18,37H2,1-2H3,(H,38,43)(H,39,42). The predicted octanol–water partition coefficient (Wildman–Crippen LogP) is 6.29. The molecule has 0 saturated heterocycles. The summed E-state index contributed by atoms with van der Waals surface area (Å²) >= 11 is 0.829. The molecule has 234 valence electrons. The third-order valence-electron chi connectivity index (χ3n) is 8.03. The summed E-state index contributed by atoms with van der Waals surface area (Å²) in [6, 6.07) is 19.7. The summed E-state index contributed by atoms with van der Waals surface area (Å²) in [5.41, 5.74) is 10.1. The molecule has 4 N–H and O–H groups in total. The first-order valence-electron chi connectivity index (χ1n) is 15.3. The molecule has 10 heteroatoms. The molecule has 1 aromatic heterocycles. The highest BCUT2D eigenvalue weighted by Gasteiger charge is 2.36. The fraction of sp³-hybridized carbons (Fsp3) is 0.314. The lowest BCUT2D eigenvalue weighted by Crippen LogP contribution is -2.44. The van der Waals surface area contributed by atoms with Crippen LogP contribution in [-0.4, -0.2) is 34.7 Å². The van der Waals surface area contributed by atoms with Crippen molar-refractivity contribution in [3.8, 4) is 0 Å². The lowest BCUT2D eigenvalue weighted by molar-refractivity contribution is -0.122. The molecule has 5 rings (SSSR count). The average molecular weight is 628 g/mol. The smallest absolute Gasteiger partial charge is 0.273 e. The van der Waals surface area contributed by atoms with Crippen LogP contribution in [0.15, 0.2) is 72.8 Å². The number of nitrogens with zero attached hydrogens (tertiary/aromatic N) is 2. The number of nitrogens with two attached hydrogens (primary N) is 1. The van der Waals surface area contributed by atoms with Crippen LogP contribution in [0.3, 0.4) is 0 Å². The zero-order valence-corrected chi connectivity index (χ0v) is 26.3. The fourth-order valence-electron chi connectivity index (χ4n) is 5.83. The van der Waals surface area contributed by atoms with Crippen LogP contribution >= 0.6 is 11.5 Å². The monoisotopic (exact) mass is 627 g/mol. The third-order valence-corrected chi connectivity index (χ3v) is 8.88. The fourth-order valence-corrected chi connectivity index (χ4v) is 6.57. The molecule has 1 fully saturated rings. The molecule has 0 bridgehead atoms. The molecule has 1 aliphatic carbocycles. The van der Waals surface area contributed by atoms with Crippen LogP contribution in [0.1, 0.15) is 80.6 Å². The molecule has 1 aliphatic rings. The topological polar surface area (TPSA) is 117 Å².